The van der Waals surface area contributed by atoms with E-state index in [0.717, 1.165) is 5.56 Å². The molecule has 41 heavy (non-hydrogen) atoms. The molecule has 1 aromatic heterocycles. The van der Waals surface area contributed by atoms with Gasteiger partial charge in [0.25, 0.3) is 0 Å². The largest absolute Gasteiger partial charge is 0.416 e. The van der Waals surface area contributed by atoms with Crippen molar-refractivity contribution in [2.45, 2.75) is 31.2 Å². The van der Waals surface area contributed by atoms with Gasteiger partial charge in [0.05, 0.1) is 0 Å². The summed E-state index contributed by atoms with van der Waals surface area (Å²) in [7, 11) is 0. The molecule has 212 valence electrons. The van der Waals surface area contributed by atoms with Crippen LogP contribution in [0.5, 0.6) is 5.75 Å². The molecule has 0 aliphatic carbocycles. The number of benzene rings is 2. The Balaban J connectivity index is 1.44. The first-order valence-corrected chi connectivity index (χ1v) is 14.0. The molecule has 11 heteroatoms. The lowest BCUT2D eigenvalue weighted by atomic mass is 9.71. The van der Waals surface area contributed by atoms with Gasteiger partial charge in [-0.25, -0.2) is 9.18 Å². The van der Waals surface area contributed by atoms with Crippen molar-refractivity contribution in [1.82, 2.24) is 20.4 Å². The van der Waals surface area contributed by atoms with Gasteiger partial charge in [-0.1, -0.05) is 23.7 Å². The van der Waals surface area contributed by atoms with Crippen molar-refractivity contribution in [1.29, 1.82) is 5.26 Å². The molecule has 2 atom stereocenters. The van der Waals surface area contributed by atoms with E-state index in [4.69, 9.17) is 21.6 Å². The molecule has 0 saturated carbocycles. The maximum absolute atomic E-state index is 14.7. The van der Waals surface area contributed by atoms with Gasteiger partial charge in [0, 0.05) is 49.6 Å². The van der Waals surface area contributed by atoms with E-state index in [2.05, 4.69) is 20.4 Å². The predicted molar refractivity (Wildman–Crippen MR) is 151 cm³/mol. The zero-order valence-corrected chi connectivity index (χ0v) is 23.4. The van der Waals surface area contributed by atoms with Crippen molar-refractivity contribution < 1.29 is 18.7 Å². The lowest BCUT2D eigenvalue weighted by Crippen LogP contribution is -2.64. The van der Waals surface area contributed by atoms with Gasteiger partial charge >= 0.3 is 6.09 Å². The van der Waals surface area contributed by atoms with Gasteiger partial charge in [0.15, 0.2) is 17.3 Å². The maximum Gasteiger partial charge on any atom is 0.416 e. The van der Waals surface area contributed by atoms with E-state index in [1.165, 1.54) is 29.2 Å². The van der Waals surface area contributed by atoms with Crippen molar-refractivity contribution in [3.05, 3.63) is 82.8 Å². The SMILES string of the molecule is CCN(C(=O)Oc1ccc(F)cc1)[C@@]1(C(=O)C2CCN(c3ccc(C#N)nn3)CC2)CNC[C@@H]1c1ccc(Cl)cc1. The molecule has 0 radical (unpaired) electrons. The fraction of sp³-hybridized carbons (Fsp3) is 0.367. The monoisotopic (exact) mass is 576 g/mol. The fourth-order valence-electron chi connectivity index (χ4n) is 5.97. The number of aromatic nitrogens is 2. The Morgan fingerprint density at radius 3 is 2.44 bits per heavy atom. The minimum absolute atomic E-state index is 0.0223. The molecule has 2 aromatic carbocycles. The highest BCUT2D eigenvalue weighted by Gasteiger charge is 2.57. The van der Waals surface area contributed by atoms with E-state index < -0.39 is 17.4 Å². The van der Waals surface area contributed by atoms with Gasteiger partial charge in [0.2, 0.25) is 0 Å². The topological polar surface area (TPSA) is 111 Å². The smallest absolute Gasteiger partial charge is 0.410 e. The summed E-state index contributed by atoms with van der Waals surface area (Å²) in [6.07, 6.45) is 0.473. The molecule has 0 spiro atoms. The second kappa shape index (κ2) is 12.2. The van der Waals surface area contributed by atoms with Crippen molar-refractivity contribution in [3.63, 3.8) is 0 Å². The van der Waals surface area contributed by atoms with Crippen LogP contribution in [0.15, 0.2) is 60.7 Å². The molecule has 2 fully saturated rings. The van der Waals surface area contributed by atoms with E-state index in [-0.39, 0.29) is 42.2 Å². The number of likely N-dealkylation sites (N-methyl/N-ethyl adjacent to an activating group) is 1. The van der Waals surface area contributed by atoms with E-state index in [0.29, 0.717) is 43.3 Å². The highest BCUT2D eigenvalue weighted by Crippen LogP contribution is 2.42. The van der Waals surface area contributed by atoms with Gasteiger partial charge in [-0.3, -0.25) is 9.69 Å². The Morgan fingerprint density at radius 1 is 1.12 bits per heavy atom. The summed E-state index contributed by atoms with van der Waals surface area (Å²) in [4.78, 5) is 31.9. The second-order valence-corrected chi connectivity index (χ2v) is 10.7. The van der Waals surface area contributed by atoms with Crippen LogP contribution in [0.3, 0.4) is 0 Å². The first-order valence-electron chi connectivity index (χ1n) is 13.6. The molecule has 5 rings (SSSR count). The van der Waals surface area contributed by atoms with Crippen molar-refractivity contribution in [3.8, 4) is 11.8 Å². The highest BCUT2D eigenvalue weighted by atomic mass is 35.5. The average molecular weight is 577 g/mol. The van der Waals surface area contributed by atoms with Crippen LogP contribution in [0, 0.1) is 23.1 Å². The van der Waals surface area contributed by atoms with Crippen LogP contribution in [0.2, 0.25) is 5.02 Å². The normalized spacial score (nSPS) is 20.8. The molecule has 3 heterocycles. The number of ether oxygens (including phenoxy) is 1. The quantitative estimate of drug-likeness (QED) is 0.435. The number of nitrogens with one attached hydrogen (secondary N) is 1. The number of hydrogen-bond acceptors (Lipinski definition) is 8. The number of nitrogens with zero attached hydrogens (tertiary/aromatic N) is 5. The predicted octanol–water partition coefficient (Wildman–Crippen LogP) is 4.57. The number of amides is 1. The van der Waals surface area contributed by atoms with Crippen LogP contribution in [-0.4, -0.2) is 65.2 Å². The first-order chi connectivity index (χ1) is 19.8. The third-order valence-electron chi connectivity index (χ3n) is 8.01. The number of carbonyl (C=O) groups excluding carboxylic acids is 2. The van der Waals surface area contributed by atoms with E-state index in [1.54, 1.807) is 24.3 Å². The molecule has 0 unspecified atom stereocenters. The molecule has 1 amide bonds. The number of rotatable bonds is 7. The summed E-state index contributed by atoms with van der Waals surface area (Å²) >= 11 is 6.17. The zero-order valence-electron chi connectivity index (χ0n) is 22.6. The molecule has 0 bridgehead atoms. The minimum atomic E-state index is -1.21. The van der Waals surface area contributed by atoms with Crippen LogP contribution in [0.4, 0.5) is 15.0 Å². The molecule has 1 N–H and O–H groups in total. The van der Waals surface area contributed by atoms with Gasteiger partial charge in [-0.05, 0) is 73.9 Å². The number of piperidine rings is 1. The molecule has 9 nitrogen and oxygen atoms in total. The lowest BCUT2D eigenvalue weighted by Gasteiger charge is -2.45. The van der Waals surface area contributed by atoms with Gasteiger partial charge in [-0.15, -0.1) is 10.2 Å². The summed E-state index contributed by atoms with van der Waals surface area (Å²) in [5.74, 6) is -0.251. The number of nitriles is 1. The fourth-order valence-corrected chi connectivity index (χ4v) is 6.10. The lowest BCUT2D eigenvalue weighted by molar-refractivity contribution is -0.134. The number of anilines is 1. The Bertz CT molecular complexity index is 1420. The summed E-state index contributed by atoms with van der Waals surface area (Å²) in [6, 6.07) is 17.9. The Hall–Kier alpha value is -4.07. The van der Waals surface area contributed by atoms with Crippen LogP contribution in [0.1, 0.15) is 36.9 Å². The van der Waals surface area contributed by atoms with Gasteiger partial charge in [0.1, 0.15) is 23.2 Å². The average Bonchev–Trinajstić information content (AvgIpc) is 3.44. The van der Waals surface area contributed by atoms with Crippen LogP contribution in [0.25, 0.3) is 0 Å². The van der Waals surface area contributed by atoms with Gasteiger partial charge in [-0.2, -0.15) is 5.26 Å². The molecule has 2 saturated heterocycles. The molecule has 3 aromatic rings. The third-order valence-corrected chi connectivity index (χ3v) is 8.26. The first kappa shape index (κ1) is 28.5. The standard InChI is InChI=1S/C30H30ClFN6O3/c1-2-38(29(40)41-25-10-7-23(32)8-11-25)30(19-34-18-26(30)20-3-5-22(31)6-4-20)28(39)21-13-15-37(16-14-21)27-12-9-24(17-33)35-36-27/h3-12,21,26,34H,2,13-16,18-19H2,1H3/t26-,30+/m1/s1. The Labute approximate surface area is 242 Å². The molecule has 2 aliphatic rings. The van der Waals surface area contributed by atoms with Crippen LogP contribution < -0.4 is 15.0 Å². The van der Waals surface area contributed by atoms with Crippen molar-refractivity contribution >= 4 is 29.3 Å². The van der Waals surface area contributed by atoms with Crippen molar-refractivity contribution in [2.24, 2.45) is 5.92 Å². The minimum Gasteiger partial charge on any atom is -0.410 e. The second-order valence-electron chi connectivity index (χ2n) is 10.2. The van der Waals surface area contributed by atoms with E-state index in [1.807, 2.05) is 25.1 Å². The van der Waals surface area contributed by atoms with Crippen LogP contribution in [-0.2, 0) is 4.79 Å². The number of ketones is 1. The summed E-state index contributed by atoms with van der Waals surface area (Å²) in [6.45, 7) is 3.98. The van der Waals surface area contributed by atoms with Gasteiger partial charge < -0.3 is 15.0 Å². The molecule has 2 aliphatic heterocycles. The number of hydrogen-bond donors (Lipinski definition) is 1. The molecular weight excluding hydrogens is 547 g/mol. The van der Waals surface area contributed by atoms with E-state index >= 15 is 0 Å². The van der Waals surface area contributed by atoms with Crippen molar-refractivity contribution in [2.75, 3.05) is 37.6 Å². The zero-order chi connectivity index (χ0) is 29.0. The summed E-state index contributed by atoms with van der Waals surface area (Å²) in [5, 5.41) is 21.1. The Kier molecular flexibility index (Phi) is 8.47. The summed E-state index contributed by atoms with van der Waals surface area (Å²) < 4.78 is 19.1. The highest BCUT2D eigenvalue weighted by molar-refractivity contribution is 6.30. The Morgan fingerprint density at radius 2 is 1.83 bits per heavy atom. The maximum atomic E-state index is 14.7. The summed E-state index contributed by atoms with van der Waals surface area (Å²) in [5.41, 5.74) is -0.0678. The number of halogens is 2. The molecular formula is C30H30ClFN6O3. The number of carbonyl (C=O) groups is 2. The third kappa shape index (κ3) is 5.73. The van der Waals surface area contributed by atoms with E-state index in [9.17, 15) is 14.0 Å². The van der Waals surface area contributed by atoms with Crippen LogP contribution >= 0.6 is 11.6 Å². The number of Topliss-reactive ketones (excluding diaryl/α,β-unsaturated/α-hetero) is 1.